The van der Waals surface area contributed by atoms with Crippen LogP contribution in [0.25, 0.3) is 0 Å². The van der Waals surface area contributed by atoms with Gasteiger partial charge in [0.05, 0.1) is 11.8 Å². The highest BCUT2D eigenvalue weighted by molar-refractivity contribution is 6.39. The Hall–Kier alpha value is -2.09. The van der Waals surface area contributed by atoms with Crippen molar-refractivity contribution in [1.82, 2.24) is 5.32 Å². The number of rotatable bonds is 5. The number of hydrogen-bond donors (Lipinski definition) is 3. The minimum Gasteiger partial charge on any atom is -0.391 e. The third-order valence-electron chi connectivity index (χ3n) is 2.73. The van der Waals surface area contributed by atoms with E-state index in [4.69, 9.17) is 0 Å². The van der Waals surface area contributed by atoms with Crippen molar-refractivity contribution >= 4 is 17.5 Å². The first-order valence-corrected chi connectivity index (χ1v) is 6.63. The molecule has 1 aromatic rings. The van der Waals surface area contributed by atoms with Crippen molar-refractivity contribution in [2.75, 3.05) is 11.9 Å². The molecule has 8 heteroatoms. The summed E-state index contributed by atoms with van der Waals surface area (Å²) in [6.45, 7) is 3.61. The van der Waals surface area contributed by atoms with Gasteiger partial charge in [0.1, 0.15) is 0 Å². The third-order valence-corrected chi connectivity index (χ3v) is 2.73. The molecule has 0 fully saturated rings. The summed E-state index contributed by atoms with van der Waals surface area (Å²) >= 11 is 0. The number of anilines is 1. The molecule has 0 saturated carbocycles. The maximum atomic E-state index is 13.3. The topological polar surface area (TPSA) is 78.4 Å². The van der Waals surface area contributed by atoms with E-state index >= 15 is 0 Å². The second-order valence-corrected chi connectivity index (χ2v) is 5.17. The van der Waals surface area contributed by atoms with Gasteiger partial charge in [0.25, 0.3) is 0 Å². The quantitative estimate of drug-likeness (QED) is 0.569. The van der Waals surface area contributed by atoms with Crippen LogP contribution in [-0.2, 0) is 9.59 Å². The summed E-state index contributed by atoms with van der Waals surface area (Å²) in [7, 11) is 0. The number of carbonyl (C=O) groups is 2. The third kappa shape index (κ3) is 5.03. The molecular weight excluding hydrogens is 301 g/mol. The Labute approximate surface area is 125 Å². The van der Waals surface area contributed by atoms with E-state index in [1.165, 1.54) is 0 Å². The fourth-order valence-corrected chi connectivity index (χ4v) is 1.72. The van der Waals surface area contributed by atoms with E-state index < -0.39 is 41.1 Å². The lowest BCUT2D eigenvalue weighted by Gasteiger charge is -2.13. The summed E-state index contributed by atoms with van der Waals surface area (Å²) in [5.41, 5.74) is -0.651. The minimum atomic E-state index is -1.74. The average Bonchev–Trinajstić information content (AvgIpc) is 2.44. The van der Waals surface area contributed by atoms with Gasteiger partial charge in [-0.2, -0.15) is 0 Å². The summed E-state index contributed by atoms with van der Waals surface area (Å²) in [4.78, 5) is 23.0. The van der Waals surface area contributed by atoms with Crippen molar-refractivity contribution in [1.29, 1.82) is 0 Å². The highest BCUT2D eigenvalue weighted by Gasteiger charge is 2.19. The Morgan fingerprint density at radius 2 is 1.77 bits per heavy atom. The maximum absolute atomic E-state index is 13.3. The Morgan fingerprint density at radius 1 is 1.14 bits per heavy atom. The molecular formula is C14H17F3N2O3. The lowest BCUT2D eigenvalue weighted by molar-refractivity contribution is -0.136. The summed E-state index contributed by atoms with van der Waals surface area (Å²) in [6.07, 6.45) is -0.392. The highest BCUT2D eigenvalue weighted by Crippen LogP contribution is 2.19. The molecule has 0 radical (unpaired) electrons. The Kier molecular flexibility index (Phi) is 6.36. The fraction of sp³-hybridized carbons (Fsp3) is 0.429. The molecule has 3 N–H and O–H groups in total. The molecule has 1 unspecified atom stereocenters. The number of amides is 2. The van der Waals surface area contributed by atoms with Crippen LogP contribution in [0, 0.1) is 23.4 Å². The Morgan fingerprint density at radius 3 is 2.36 bits per heavy atom. The predicted octanol–water partition coefficient (Wildman–Crippen LogP) is 1.57. The van der Waals surface area contributed by atoms with Crippen LogP contribution in [0.15, 0.2) is 12.1 Å². The van der Waals surface area contributed by atoms with Crippen LogP contribution in [0.4, 0.5) is 18.9 Å². The number of aliphatic hydroxyl groups excluding tert-OH is 1. The number of aliphatic hydroxyl groups is 1. The smallest absolute Gasteiger partial charge is 0.313 e. The van der Waals surface area contributed by atoms with Crippen molar-refractivity contribution in [3.8, 4) is 0 Å². The summed E-state index contributed by atoms with van der Waals surface area (Å²) in [6, 6.07) is 1.42. The van der Waals surface area contributed by atoms with E-state index in [9.17, 15) is 27.9 Å². The van der Waals surface area contributed by atoms with Crippen LogP contribution < -0.4 is 10.6 Å². The van der Waals surface area contributed by atoms with Crippen molar-refractivity contribution in [3.63, 3.8) is 0 Å². The van der Waals surface area contributed by atoms with E-state index in [-0.39, 0.29) is 12.5 Å². The van der Waals surface area contributed by atoms with Gasteiger partial charge in [0.2, 0.25) is 0 Å². The van der Waals surface area contributed by atoms with E-state index in [0.717, 1.165) is 6.07 Å². The molecule has 0 spiro atoms. The molecule has 1 aromatic carbocycles. The molecule has 2 amide bonds. The maximum Gasteiger partial charge on any atom is 0.313 e. The molecule has 0 aliphatic heterocycles. The lowest BCUT2D eigenvalue weighted by atomic mass is 10.1. The normalized spacial score (nSPS) is 12.1. The van der Waals surface area contributed by atoms with Crippen molar-refractivity contribution in [2.24, 2.45) is 5.92 Å². The molecule has 1 rings (SSSR count). The summed E-state index contributed by atoms with van der Waals surface area (Å²) in [5, 5.41) is 13.5. The van der Waals surface area contributed by atoms with Gasteiger partial charge in [-0.15, -0.1) is 0 Å². The first kappa shape index (κ1) is 18.0. The molecule has 1 atom stereocenters. The van der Waals surface area contributed by atoms with Crippen molar-refractivity contribution in [2.45, 2.75) is 26.4 Å². The number of halogens is 3. The van der Waals surface area contributed by atoms with Gasteiger partial charge in [-0.25, -0.2) is 13.2 Å². The van der Waals surface area contributed by atoms with E-state index in [1.807, 2.05) is 19.2 Å². The van der Waals surface area contributed by atoms with Gasteiger partial charge < -0.3 is 15.7 Å². The standard InChI is InChI=1S/C14H17F3N2O3/c1-7(2)5-8(20)6-18-13(21)14(22)19-10-4-3-9(15)11(16)12(10)17/h3-4,7-8,20H,5-6H2,1-2H3,(H,18,21)(H,19,22). The van der Waals surface area contributed by atoms with Crippen LogP contribution in [0.3, 0.4) is 0 Å². The predicted molar refractivity (Wildman–Crippen MR) is 73.4 cm³/mol. The molecule has 0 heterocycles. The van der Waals surface area contributed by atoms with Crippen LogP contribution in [0.1, 0.15) is 20.3 Å². The molecule has 0 saturated heterocycles. The van der Waals surface area contributed by atoms with E-state index in [1.54, 1.807) is 0 Å². The van der Waals surface area contributed by atoms with E-state index in [0.29, 0.717) is 12.5 Å². The van der Waals surface area contributed by atoms with Crippen LogP contribution in [-0.4, -0.2) is 29.6 Å². The summed E-state index contributed by atoms with van der Waals surface area (Å²) < 4.78 is 39.1. The zero-order valence-corrected chi connectivity index (χ0v) is 12.1. The second kappa shape index (κ2) is 7.79. The van der Waals surface area contributed by atoms with Gasteiger partial charge in [-0.3, -0.25) is 9.59 Å². The first-order valence-electron chi connectivity index (χ1n) is 6.63. The molecule has 0 aliphatic rings. The molecule has 122 valence electrons. The second-order valence-electron chi connectivity index (χ2n) is 5.17. The summed E-state index contributed by atoms with van der Waals surface area (Å²) in [5.74, 6) is -6.91. The monoisotopic (exact) mass is 318 g/mol. The number of benzene rings is 1. The van der Waals surface area contributed by atoms with Crippen molar-refractivity contribution in [3.05, 3.63) is 29.6 Å². The van der Waals surface area contributed by atoms with E-state index in [2.05, 4.69) is 5.32 Å². The van der Waals surface area contributed by atoms with Crippen LogP contribution in [0.2, 0.25) is 0 Å². The van der Waals surface area contributed by atoms with Crippen LogP contribution in [0.5, 0.6) is 0 Å². The number of hydrogen-bond acceptors (Lipinski definition) is 3. The zero-order valence-electron chi connectivity index (χ0n) is 12.1. The van der Waals surface area contributed by atoms with Gasteiger partial charge in [-0.05, 0) is 24.5 Å². The largest absolute Gasteiger partial charge is 0.391 e. The Bertz CT molecular complexity index is 565. The molecule has 0 aliphatic carbocycles. The van der Waals surface area contributed by atoms with Gasteiger partial charge >= 0.3 is 11.8 Å². The molecule has 0 bridgehead atoms. The number of nitrogens with one attached hydrogen (secondary N) is 2. The SMILES string of the molecule is CC(C)CC(O)CNC(=O)C(=O)Nc1ccc(F)c(F)c1F. The van der Waals surface area contributed by atoms with Crippen molar-refractivity contribution < 1.29 is 27.9 Å². The average molecular weight is 318 g/mol. The lowest BCUT2D eigenvalue weighted by Crippen LogP contribution is -2.40. The molecule has 5 nitrogen and oxygen atoms in total. The molecule has 0 aromatic heterocycles. The van der Waals surface area contributed by atoms with Gasteiger partial charge in [-0.1, -0.05) is 13.8 Å². The minimum absolute atomic E-state index is 0.148. The van der Waals surface area contributed by atoms with Gasteiger partial charge in [0, 0.05) is 6.54 Å². The number of carbonyl (C=O) groups excluding carboxylic acids is 2. The van der Waals surface area contributed by atoms with Crippen LogP contribution >= 0.6 is 0 Å². The zero-order chi connectivity index (χ0) is 16.9. The first-order chi connectivity index (χ1) is 10.2. The Balaban J connectivity index is 2.58. The molecule has 22 heavy (non-hydrogen) atoms. The highest BCUT2D eigenvalue weighted by atomic mass is 19.2. The fourth-order valence-electron chi connectivity index (χ4n) is 1.72. The van der Waals surface area contributed by atoms with Gasteiger partial charge in [0.15, 0.2) is 17.5 Å².